The molecule has 25 heavy (non-hydrogen) atoms. The van der Waals surface area contributed by atoms with Crippen LogP contribution in [-0.4, -0.2) is 49.1 Å². The number of likely N-dealkylation sites (tertiary alicyclic amines) is 1. The summed E-state index contributed by atoms with van der Waals surface area (Å²) in [4.78, 5) is 25.3. The van der Waals surface area contributed by atoms with Crippen LogP contribution in [0.15, 0.2) is 24.3 Å². The average molecular weight is 346 g/mol. The van der Waals surface area contributed by atoms with Crippen LogP contribution in [0.25, 0.3) is 0 Å². The van der Waals surface area contributed by atoms with Crippen molar-refractivity contribution in [1.82, 2.24) is 4.90 Å². The maximum Gasteiger partial charge on any atom is 0.224 e. The summed E-state index contributed by atoms with van der Waals surface area (Å²) in [7, 11) is 0. The molecule has 0 radical (unpaired) electrons. The summed E-state index contributed by atoms with van der Waals surface area (Å²) in [5.41, 5.74) is 0.756. The fourth-order valence-corrected chi connectivity index (χ4v) is 3.19. The van der Waals surface area contributed by atoms with Crippen LogP contribution < -0.4 is 10.1 Å². The molecule has 1 unspecified atom stereocenters. The van der Waals surface area contributed by atoms with Gasteiger partial charge in [0.15, 0.2) is 0 Å². The molecule has 6 nitrogen and oxygen atoms in total. The highest BCUT2D eigenvalue weighted by Crippen LogP contribution is 2.19. The molecule has 0 saturated carbocycles. The van der Waals surface area contributed by atoms with E-state index in [0.29, 0.717) is 32.4 Å². The minimum Gasteiger partial charge on any atom is -0.491 e. The lowest BCUT2D eigenvalue weighted by Crippen LogP contribution is -2.26. The van der Waals surface area contributed by atoms with Gasteiger partial charge in [0.25, 0.3) is 0 Å². The molecule has 6 heteroatoms. The second kappa shape index (κ2) is 8.85. The Kier molecular flexibility index (Phi) is 6.28. The van der Waals surface area contributed by atoms with Crippen molar-refractivity contribution < 1.29 is 19.1 Å². The van der Waals surface area contributed by atoms with Gasteiger partial charge in [0.2, 0.25) is 11.8 Å². The third-order valence-corrected chi connectivity index (χ3v) is 4.60. The van der Waals surface area contributed by atoms with Gasteiger partial charge in [-0.05, 0) is 49.9 Å². The molecule has 0 spiro atoms. The van der Waals surface area contributed by atoms with E-state index in [1.54, 1.807) is 0 Å². The number of ether oxygens (including phenoxy) is 2. The van der Waals surface area contributed by atoms with Crippen molar-refractivity contribution >= 4 is 17.5 Å². The van der Waals surface area contributed by atoms with E-state index in [4.69, 9.17) is 9.47 Å². The van der Waals surface area contributed by atoms with Crippen molar-refractivity contribution in [2.45, 2.75) is 44.6 Å². The highest BCUT2D eigenvalue weighted by Gasteiger charge is 2.19. The van der Waals surface area contributed by atoms with Gasteiger partial charge in [-0.3, -0.25) is 9.59 Å². The molecule has 1 atom stereocenters. The second-order valence-electron chi connectivity index (χ2n) is 6.61. The molecule has 3 rings (SSSR count). The zero-order chi connectivity index (χ0) is 17.5. The van der Waals surface area contributed by atoms with Gasteiger partial charge < -0.3 is 19.7 Å². The lowest BCUT2D eigenvalue weighted by atomic mass is 10.2. The van der Waals surface area contributed by atoms with Crippen LogP contribution in [0.5, 0.6) is 5.75 Å². The first-order valence-corrected chi connectivity index (χ1v) is 9.13. The minimum absolute atomic E-state index is 0.0281. The van der Waals surface area contributed by atoms with Crippen molar-refractivity contribution in [3.8, 4) is 5.75 Å². The predicted molar refractivity (Wildman–Crippen MR) is 94.6 cm³/mol. The smallest absolute Gasteiger partial charge is 0.224 e. The van der Waals surface area contributed by atoms with Gasteiger partial charge in [-0.25, -0.2) is 0 Å². The quantitative estimate of drug-likeness (QED) is 0.786. The Hall–Kier alpha value is -2.08. The average Bonchev–Trinajstić information content (AvgIpc) is 3.26. The Balaban J connectivity index is 1.35. The van der Waals surface area contributed by atoms with Crippen LogP contribution in [0.1, 0.15) is 38.5 Å². The first-order chi connectivity index (χ1) is 12.2. The van der Waals surface area contributed by atoms with Crippen molar-refractivity contribution in [3.63, 3.8) is 0 Å². The molecule has 1 aromatic rings. The van der Waals surface area contributed by atoms with Gasteiger partial charge in [0.05, 0.1) is 6.10 Å². The lowest BCUT2D eigenvalue weighted by molar-refractivity contribution is -0.128. The van der Waals surface area contributed by atoms with Crippen molar-refractivity contribution in [2.24, 2.45) is 0 Å². The molecule has 2 aliphatic heterocycles. The third kappa shape index (κ3) is 5.46. The summed E-state index contributed by atoms with van der Waals surface area (Å²) >= 11 is 0. The van der Waals surface area contributed by atoms with Gasteiger partial charge in [0.1, 0.15) is 12.4 Å². The number of anilines is 1. The van der Waals surface area contributed by atoms with Gasteiger partial charge in [-0.15, -0.1) is 0 Å². The van der Waals surface area contributed by atoms with E-state index in [0.717, 1.165) is 43.9 Å². The fraction of sp³-hybridized carbons (Fsp3) is 0.579. The minimum atomic E-state index is -0.0281. The van der Waals surface area contributed by atoms with E-state index < -0.39 is 0 Å². The first kappa shape index (κ1) is 17.7. The van der Waals surface area contributed by atoms with E-state index in [-0.39, 0.29) is 17.9 Å². The number of amides is 2. The Morgan fingerprint density at radius 3 is 2.80 bits per heavy atom. The van der Waals surface area contributed by atoms with Crippen molar-refractivity contribution in [1.29, 1.82) is 0 Å². The molecule has 2 aliphatic rings. The topological polar surface area (TPSA) is 67.9 Å². The Morgan fingerprint density at radius 2 is 2.12 bits per heavy atom. The van der Waals surface area contributed by atoms with Crippen LogP contribution >= 0.6 is 0 Å². The molecular formula is C19H26N2O4. The van der Waals surface area contributed by atoms with Crippen molar-refractivity contribution in [3.05, 3.63) is 24.3 Å². The first-order valence-electron chi connectivity index (χ1n) is 9.13. The molecule has 2 amide bonds. The van der Waals surface area contributed by atoms with E-state index >= 15 is 0 Å². The number of hydrogen-bond acceptors (Lipinski definition) is 4. The highest BCUT2D eigenvalue weighted by molar-refractivity contribution is 5.90. The molecule has 2 fully saturated rings. The molecule has 136 valence electrons. The summed E-state index contributed by atoms with van der Waals surface area (Å²) in [6.07, 6.45) is 5.05. The normalized spacial score (nSPS) is 20.1. The predicted octanol–water partition coefficient (Wildman–Crippen LogP) is 2.59. The van der Waals surface area contributed by atoms with Crippen LogP contribution in [0.2, 0.25) is 0 Å². The molecule has 1 aromatic carbocycles. The molecule has 0 aromatic heterocycles. The van der Waals surface area contributed by atoms with E-state index in [9.17, 15) is 9.59 Å². The number of hydrogen-bond donors (Lipinski definition) is 1. The number of benzene rings is 1. The van der Waals surface area contributed by atoms with E-state index in [2.05, 4.69) is 5.32 Å². The molecular weight excluding hydrogens is 320 g/mol. The number of carbonyl (C=O) groups excluding carboxylic acids is 2. The second-order valence-corrected chi connectivity index (χ2v) is 6.61. The zero-order valence-electron chi connectivity index (χ0n) is 14.5. The number of nitrogens with zero attached hydrogens (tertiary/aromatic N) is 1. The van der Waals surface area contributed by atoms with Gasteiger partial charge in [0, 0.05) is 38.2 Å². The molecule has 0 bridgehead atoms. The van der Waals surface area contributed by atoms with Crippen LogP contribution in [0.3, 0.4) is 0 Å². The van der Waals surface area contributed by atoms with Crippen LogP contribution in [0, 0.1) is 0 Å². The highest BCUT2D eigenvalue weighted by atomic mass is 16.5. The number of rotatable bonds is 8. The van der Waals surface area contributed by atoms with Crippen molar-refractivity contribution in [2.75, 3.05) is 31.6 Å². The summed E-state index contributed by atoms with van der Waals surface area (Å²) < 4.78 is 11.2. The SMILES string of the molecule is O=C(CCCN1CCCC1=O)Nc1ccc(OCC2CCCO2)cc1. The molecule has 0 aliphatic carbocycles. The molecule has 1 N–H and O–H groups in total. The van der Waals surface area contributed by atoms with Gasteiger partial charge in [-0.1, -0.05) is 0 Å². The standard InChI is InChI=1S/C19H26N2O4/c22-18(5-1-11-21-12-2-6-19(21)23)20-15-7-9-16(10-8-15)25-14-17-4-3-13-24-17/h7-10,17H,1-6,11-14H2,(H,20,22). The zero-order valence-corrected chi connectivity index (χ0v) is 14.5. The van der Waals surface area contributed by atoms with E-state index in [1.807, 2.05) is 29.2 Å². The Morgan fingerprint density at radius 1 is 1.28 bits per heavy atom. The molecule has 2 saturated heterocycles. The largest absolute Gasteiger partial charge is 0.491 e. The summed E-state index contributed by atoms with van der Waals surface area (Å²) in [6, 6.07) is 7.39. The van der Waals surface area contributed by atoms with Gasteiger partial charge >= 0.3 is 0 Å². The summed E-state index contributed by atoms with van der Waals surface area (Å²) in [6.45, 7) is 2.89. The maximum atomic E-state index is 12.0. The number of carbonyl (C=O) groups is 2. The third-order valence-electron chi connectivity index (χ3n) is 4.60. The fourth-order valence-electron chi connectivity index (χ4n) is 3.19. The summed E-state index contributed by atoms with van der Waals surface area (Å²) in [5, 5.41) is 2.88. The number of nitrogens with one attached hydrogen (secondary N) is 1. The Bertz CT molecular complexity index is 582. The Labute approximate surface area is 148 Å². The molecule has 2 heterocycles. The monoisotopic (exact) mass is 346 g/mol. The van der Waals surface area contributed by atoms with Crippen LogP contribution in [-0.2, 0) is 14.3 Å². The van der Waals surface area contributed by atoms with Gasteiger partial charge in [-0.2, -0.15) is 0 Å². The lowest BCUT2D eigenvalue weighted by Gasteiger charge is -2.15. The van der Waals surface area contributed by atoms with E-state index in [1.165, 1.54) is 0 Å². The maximum absolute atomic E-state index is 12.0. The van der Waals surface area contributed by atoms with Crippen LogP contribution in [0.4, 0.5) is 5.69 Å². The summed E-state index contributed by atoms with van der Waals surface area (Å²) in [5.74, 6) is 0.958.